The number of benzene rings is 2. The van der Waals surface area contributed by atoms with E-state index in [1.807, 2.05) is 23.7 Å². The summed E-state index contributed by atoms with van der Waals surface area (Å²) in [5, 5.41) is 12.8. The smallest absolute Gasteiger partial charge is 0.234 e. The Morgan fingerprint density at radius 2 is 1.82 bits per heavy atom. The van der Waals surface area contributed by atoms with Crippen LogP contribution in [0.2, 0.25) is 10.0 Å². The second-order valence-corrected chi connectivity index (χ2v) is 8.36. The third-order valence-electron chi connectivity index (χ3n) is 4.21. The number of amides is 1. The van der Waals surface area contributed by atoms with Crippen molar-refractivity contribution >= 4 is 46.6 Å². The van der Waals surface area contributed by atoms with Gasteiger partial charge in [-0.15, -0.1) is 10.2 Å². The van der Waals surface area contributed by atoms with Gasteiger partial charge in [-0.1, -0.05) is 73.1 Å². The molecule has 28 heavy (non-hydrogen) atoms. The molecule has 0 unspecified atom stereocenters. The van der Waals surface area contributed by atoms with Crippen molar-refractivity contribution in [1.82, 2.24) is 14.8 Å². The molecule has 0 aliphatic rings. The van der Waals surface area contributed by atoms with Crippen LogP contribution in [-0.4, -0.2) is 26.4 Å². The van der Waals surface area contributed by atoms with Crippen LogP contribution in [0, 0.1) is 0 Å². The highest BCUT2D eigenvalue weighted by Crippen LogP contribution is 2.26. The van der Waals surface area contributed by atoms with Crippen molar-refractivity contribution in [2.45, 2.75) is 24.9 Å². The highest BCUT2D eigenvalue weighted by Gasteiger charge is 2.13. The van der Waals surface area contributed by atoms with Crippen molar-refractivity contribution in [3.63, 3.8) is 0 Å². The maximum atomic E-state index is 12.2. The molecule has 1 aromatic heterocycles. The number of aromatic nitrogens is 3. The van der Waals surface area contributed by atoms with Crippen LogP contribution in [0.1, 0.15) is 25.3 Å². The summed E-state index contributed by atoms with van der Waals surface area (Å²) in [5.41, 5.74) is 2.87. The Balaban J connectivity index is 1.63. The number of nitrogens with one attached hydrogen (secondary N) is 1. The normalized spacial score (nSPS) is 11.1. The summed E-state index contributed by atoms with van der Waals surface area (Å²) in [7, 11) is 1.89. The zero-order chi connectivity index (χ0) is 20.3. The van der Waals surface area contributed by atoms with Gasteiger partial charge in [-0.2, -0.15) is 0 Å². The summed E-state index contributed by atoms with van der Waals surface area (Å²) >= 11 is 13.2. The molecule has 1 N–H and O–H groups in total. The standard InChI is InChI=1S/C20H20Cl2N4OS/c1-12(2)13-4-6-14(7-5-13)19-24-25-20(26(19)3)28-11-18(27)23-15-8-9-16(21)17(22)10-15/h4-10,12H,11H2,1-3H3,(H,23,27). The Morgan fingerprint density at radius 1 is 1.11 bits per heavy atom. The van der Waals surface area contributed by atoms with Crippen molar-refractivity contribution in [3.8, 4) is 11.4 Å². The van der Waals surface area contributed by atoms with Crippen molar-refractivity contribution in [2.75, 3.05) is 11.1 Å². The Morgan fingerprint density at radius 3 is 2.46 bits per heavy atom. The third kappa shape index (κ3) is 4.87. The van der Waals surface area contributed by atoms with Gasteiger partial charge in [0.25, 0.3) is 0 Å². The van der Waals surface area contributed by atoms with E-state index in [0.717, 1.165) is 11.4 Å². The molecule has 0 radical (unpaired) electrons. The maximum Gasteiger partial charge on any atom is 0.234 e. The Hall–Kier alpha value is -2.02. The SMILES string of the molecule is CC(C)c1ccc(-c2nnc(SCC(=O)Nc3ccc(Cl)c(Cl)c3)n2C)cc1. The van der Waals surface area contributed by atoms with Crippen LogP contribution < -0.4 is 5.32 Å². The quantitative estimate of drug-likeness (QED) is 0.509. The zero-order valence-corrected chi connectivity index (χ0v) is 18.1. The third-order valence-corrected chi connectivity index (χ3v) is 5.97. The summed E-state index contributed by atoms with van der Waals surface area (Å²) in [6.45, 7) is 4.32. The molecule has 146 valence electrons. The van der Waals surface area contributed by atoms with Crippen LogP contribution in [-0.2, 0) is 11.8 Å². The summed E-state index contributed by atoms with van der Waals surface area (Å²) < 4.78 is 1.89. The number of nitrogens with zero attached hydrogens (tertiary/aromatic N) is 3. The number of rotatable bonds is 6. The van der Waals surface area contributed by atoms with Crippen LogP contribution in [0.4, 0.5) is 5.69 Å². The number of thioether (sulfide) groups is 1. The first-order valence-corrected chi connectivity index (χ1v) is 10.5. The van der Waals surface area contributed by atoms with E-state index in [4.69, 9.17) is 23.2 Å². The Bertz CT molecular complexity index is 986. The predicted molar refractivity (Wildman–Crippen MR) is 116 cm³/mol. The molecule has 1 heterocycles. The van der Waals surface area contributed by atoms with Gasteiger partial charge in [0.05, 0.1) is 15.8 Å². The van der Waals surface area contributed by atoms with Crippen molar-refractivity contribution in [3.05, 3.63) is 58.1 Å². The lowest BCUT2D eigenvalue weighted by atomic mass is 10.0. The fourth-order valence-electron chi connectivity index (χ4n) is 2.61. The molecule has 2 aromatic carbocycles. The number of carbonyl (C=O) groups is 1. The van der Waals surface area contributed by atoms with E-state index in [9.17, 15) is 4.79 Å². The van der Waals surface area contributed by atoms with Gasteiger partial charge in [0, 0.05) is 18.3 Å². The van der Waals surface area contributed by atoms with E-state index < -0.39 is 0 Å². The number of hydrogen-bond acceptors (Lipinski definition) is 4. The summed E-state index contributed by atoms with van der Waals surface area (Å²) in [6, 6.07) is 13.3. The molecule has 3 aromatic rings. The molecule has 0 atom stereocenters. The van der Waals surface area contributed by atoms with Gasteiger partial charge in [-0.25, -0.2) is 0 Å². The first-order valence-electron chi connectivity index (χ1n) is 8.72. The first kappa shape index (κ1) is 20.7. The van der Waals surface area contributed by atoms with Crippen molar-refractivity contribution in [1.29, 1.82) is 0 Å². The number of carbonyl (C=O) groups excluding carboxylic acids is 1. The lowest BCUT2D eigenvalue weighted by molar-refractivity contribution is -0.113. The number of hydrogen-bond donors (Lipinski definition) is 1. The average molecular weight is 435 g/mol. The molecular formula is C20H20Cl2N4OS. The van der Waals surface area contributed by atoms with Crippen LogP contribution in [0.15, 0.2) is 47.6 Å². The summed E-state index contributed by atoms with van der Waals surface area (Å²) in [6.07, 6.45) is 0. The minimum atomic E-state index is -0.158. The Kier molecular flexibility index (Phi) is 6.65. The van der Waals surface area contributed by atoms with Gasteiger partial charge < -0.3 is 9.88 Å². The van der Waals surface area contributed by atoms with E-state index in [1.54, 1.807) is 18.2 Å². The summed E-state index contributed by atoms with van der Waals surface area (Å²) in [5.74, 6) is 1.30. The van der Waals surface area contributed by atoms with Gasteiger partial charge in [0.15, 0.2) is 11.0 Å². The molecule has 8 heteroatoms. The fraction of sp³-hybridized carbons (Fsp3) is 0.250. The molecule has 0 fully saturated rings. The molecule has 5 nitrogen and oxygen atoms in total. The van der Waals surface area contributed by atoms with Crippen molar-refractivity contribution in [2.24, 2.45) is 7.05 Å². The molecule has 0 saturated heterocycles. The topological polar surface area (TPSA) is 59.8 Å². The first-order chi connectivity index (χ1) is 13.3. The number of anilines is 1. The Labute approximate surface area is 178 Å². The van der Waals surface area contributed by atoms with E-state index in [-0.39, 0.29) is 11.7 Å². The lowest BCUT2D eigenvalue weighted by Gasteiger charge is -2.08. The second kappa shape index (κ2) is 8.99. The minimum Gasteiger partial charge on any atom is -0.325 e. The highest BCUT2D eigenvalue weighted by molar-refractivity contribution is 7.99. The van der Waals surface area contributed by atoms with Crippen LogP contribution in [0.25, 0.3) is 11.4 Å². The molecular weight excluding hydrogens is 415 g/mol. The largest absolute Gasteiger partial charge is 0.325 e. The van der Waals surface area contributed by atoms with Crippen molar-refractivity contribution < 1.29 is 4.79 Å². The molecule has 0 saturated carbocycles. The van der Waals surface area contributed by atoms with Gasteiger partial charge in [0.2, 0.25) is 5.91 Å². The molecule has 0 aliphatic heterocycles. The monoisotopic (exact) mass is 434 g/mol. The maximum absolute atomic E-state index is 12.2. The average Bonchev–Trinajstić information content (AvgIpc) is 3.03. The molecule has 0 spiro atoms. The molecule has 3 rings (SSSR count). The van der Waals surface area contributed by atoms with E-state index in [2.05, 4.69) is 41.5 Å². The highest BCUT2D eigenvalue weighted by atomic mass is 35.5. The number of halogens is 2. The molecule has 1 amide bonds. The van der Waals surface area contributed by atoms with Gasteiger partial charge in [-0.05, 0) is 29.7 Å². The van der Waals surface area contributed by atoms with E-state index in [0.29, 0.717) is 26.8 Å². The molecule has 0 bridgehead atoms. The second-order valence-electron chi connectivity index (χ2n) is 6.61. The van der Waals surface area contributed by atoms with Crippen LogP contribution in [0.5, 0.6) is 0 Å². The van der Waals surface area contributed by atoms with E-state index in [1.165, 1.54) is 17.3 Å². The van der Waals surface area contributed by atoms with Gasteiger partial charge in [0.1, 0.15) is 0 Å². The zero-order valence-electron chi connectivity index (χ0n) is 15.7. The van der Waals surface area contributed by atoms with Crippen LogP contribution in [0.3, 0.4) is 0 Å². The predicted octanol–water partition coefficient (Wildman–Crippen LogP) is 5.64. The van der Waals surface area contributed by atoms with Gasteiger partial charge in [-0.3, -0.25) is 4.79 Å². The molecule has 0 aliphatic carbocycles. The van der Waals surface area contributed by atoms with Gasteiger partial charge >= 0.3 is 0 Å². The van der Waals surface area contributed by atoms with Crippen LogP contribution >= 0.6 is 35.0 Å². The van der Waals surface area contributed by atoms with E-state index >= 15 is 0 Å². The summed E-state index contributed by atoms with van der Waals surface area (Å²) in [4.78, 5) is 12.2. The lowest BCUT2D eigenvalue weighted by Crippen LogP contribution is -2.14. The minimum absolute atomic E-state index is 0.158. The fourth-order valence-corrected chi connectivity index (χ4v) is 3.62.